The van der Waals surface area contributed by atoms with Crippen LogP contribution in [0.15, 0.2) is 30.3 Å². The lowest BCUT2D eigenvalue weighted by atomic mass is 10.1. The molecule has 0 saturated carbocycles. The van der Waals surface area contributed by atoms with E-state index in [1.807, 2.05) is 18.2 Å². The monoisotopic (exact) mass is 353 g/mol. The Morgan fingerprint density at radius 1 is 1.17 bits per heavy atom. The van der Waals surface area contributed by atoms with Gasteiger partial charge in [0, 0.05) is 5.56 Å². The van der Waals surface area contributed by atoms with E-state index in [-0.39, 0.29) is 5.05 Å². The molecule has 1 rings (SSSR count). The van der Waals surface area contributed by atoms with Crippen LogP contribution in [0.2, 0.25) is 0 Å². The summed E-state index contributed by atoms with van der Waals surface area (Å²) in [6.45, 7) is 6.80. The number of carbonyl (C=O) groups excluding carboxylic acids is 2. The zero-order chi connectivity index (χ0) is 18.3. The summed E-state index contributed by atoms with van der Waals surface area (Å²) in [5, 5.41) is 2.69. The molecule has 0 spiro atoms. The third-order valence-electron chi connectivity index (χ3n) is 2.90. The van der Waals surface area contributed by atoms with Crippen molar-refractivity contribution in [1.82, 2.24) is 5.32 Å². The van der Waals surface area contributed by atoms with Crippen molar-refractivity contribution >= 4 is 29.3 Å². The molecule has 7 heteroatoms. The third kappa shape index (κ3) is 6.54. The van der Waals surface area contributed by atoms with Crippen molar-refractivity contribution in [1.29, 1.82) is 0 Å². The molecule has 132 valence electrons. The first-order chi connectivity index (χ1) is 11.1. The first-order valence-electron chi connectivity index (χ1n) is 7.47. The SMILES string of the molecule is COC(=O)[C@@H](NC(=O)OC(C)(C)C)[C@@H](C)OC(=S)c1ccccc1. The van der Waals surface area contributed by atoms with Crippen molar-refractivity contribution in [2.75, 3.05) is 7.11 Å². The van der Waals surface area contributed by atoms with Gasteiger partial charge in [0.2, 0.25) is 0 Å². The highest BCUT2D eigenvalue weighted by Gasteiger charge is 2.31. The number of esters is 1. The topological polar surface area (TPSA) is 73.9 Å². The van der Waals surface area contributed by atoms with E-state index in [0.717, 1.165) is 0 Å². The molecule has 0 bridgehead atoms. The van der Waals surface area contributed by atoms with Crippen LogP contribution in [0.5, 0.6) is 0 Å². The van der Waals surface area contributed by atoms with Crippen LogP contribution in [0.4, 0.5) is 4.79 Å². The van der Waals surface area contributed by atoms with Gasteiger partial charge in [-0.2, -0.15) is 0 Å². The van der Waals surface area contributed by atoms with E-state index in [9.17, 15) is 9.59 Å². The normalized spacial score (nSPS) is 13.4. The number of thiocarbonyl (C=S) groups is 1. The van der Waals surface area contributed by atoms with E-state index >= 15 is 0 Å². The standard InChI is InChI=1S/C17H23NO5S/c1-11(22-15(24)12-9-7-6-8-10-12)13(14(19)21-5)18-16(20)23-17(2,3)4/h6-11,13H,1-5H3,(H,18,20)/t11-,13+/m1/s1. The number of amides is 1. The van der Waals surface area contributed by atoms with Gasteiger partial charge in [-0.3, -0.25) is 0 Å². The molecule has 24 heavy (non-hydrogen) atoms. The number of hydrogen-bond donors (Lipinski definition) is 1. The van der Waals surface area contributed by atoms with E-state index in [0.29, 0.717) is 5.56 Å². The minimum atomic E-state index is -1.05. The highest BCUT2D eigenvalue weighted by atomic mass is 32.1. The van der Waals surface area contributed by atoms with Crippen LogP contribution >= 0.6 is 12.2 Å². The fourth-order valence-corrected chi connectivity index (χ4v) is 2.10. The summed E-state index contributed by atoms with van der Waals surface area (Å²) in [4.78, 5) is 23.9. The molecule has 2 atom stereocenters. The highest BCUT2D eigenvalue weighted by molar-refractivity contribution is 7.80. The second-order valence-electron chi connectivity index (χ2n) is 6.12. The molecule has 1 aromatic carbocycles. The Morgan fingerprint density at radius 3 is 2.25 bits per heavy atom. The molecule has 0 saturated heterocycles. The summed E-state index contributed by atoms with van der Waals surface area (Å²) in [6.07, 6.45) is -1.48. The van der Waals surface area contributed by atoms with Gasteiger partial charge in [-0.05, 0) is 39.9 Å². The van der Waals surface area contributed by atoms with E-state index in [1.165, 1.54) is 7.11 Å². The first-order valence-corrected chi connectivity index (χ1v) is 7.88. The van der Waals surface area contributed by atoms with Crippen LogP contribution in [0.1, 0.15) is 33.3 Å². The highest BCUT2D eigenvalue weighted by Crippen LogP contribution is 2.11. The Labute approximate surface area is 147 Å². The minimum absolute atomic E-state index is 0.225. The Balaban J connectivity index is 2.78. The summed E-state index contributed by atoms with van der Waals surface area (Å²) in [5.41, 5.74) is 0.0222. The summed E-state index contributed by atoms with van der Waals surface area (Å²) in [7, 11) is 1.23. The maximum absolute atomic E-state index is 12.0. The molecule has 0 heterocycles. The van der Waals surface area contributed by atoms with Crippen LogP contribution in [-0.2, 0) is 19.0 Å². The molecule has 0 unspecified atom stereocenters. The molecule has 1 N–H and O–H groups in total. The summed E-state index contributed by atoms with van der Waals surface area (Å²) in [6, 6.07) is 8.05. The molecular formula is C17H23NO5S. The number of ether oxygens (including phenoxy) is 3. The Hall–Kier alpha value is -2.15. The predicted octanol–water partition coefficient (Wildman–Crippen LogP) is 2.83. The lowest BCUT2D eigenvalue weighted by molar-refractivity contribution is -0.145. The quantitative estimate of drug-likeness (QED) is 0.648. The minimum Gasteiger partial charge on any atom is -0.477 e. The van der Waals surface area contributed by atoms with Gasteiger partial charge in [0.25, 0.3) is 0 Å². The van der Waals surface area contributed by atoms with E-state index in [4.69, 9.17) is 26.4 Å². The molecule has 0 aliphatic rings. The van der Waals surface area contributed by atoms with Crippen molar-refractivity contribution in [2.45, 2.75) is 45.4 Å². The molecule has 1 aromatic rings. The van der Waals surface area contributed by atoms with Crippen molar-refractivity contribution < 1.29 is 23.8 Å². The summed E-state index contributed by atoms with van der Waals surface area (Å²) < 4.78 is 15.5. The Kier molecular flexibility index (Phi) is 7.16. The van der Waals surface area contributed by atoms with Gasteiger partial charge in [0.05, 0.1) is 7.11 Å². The van der Waals surface area contributed by atoms with Crippen LogP contribution in [0, 0.1) is 0 Å². The largest absolute Gasteiger partial charge is 0.477 e. The van der Waals surface area contributed by atoms with Gasteiger partial charge in [-0.15, -0.1) is 0 Å². The zero-order valence-electron chi connectivity index (χ0n) is 14.5. The number of methoxy groups -OCH3 is 1. The van der Waals surface area contributed by atoms with E-state index in [1.54, 1.807) is 39.8 Å². The number of hydrogen-bond acceptors (Lipinski definition) is 6. The lowest BCUT2D eigenvalue weighted by Gasteiger charge is -2.26. The van der Waals surface area contributed by atoms with Crippen LogP contribution in [0.25, 0.3) is 0 Å². The molecular weight excluding hydrogens is 330 g/mol. The van der Waals surface area contributed by atoms with Crippen molar-refractivity contribution in [3.05, 3.63) is 35.9 Å². The first kappa shape index (κ1) is 19.9. The average Bonchev–Trinajstić information content (AvgIpc) is 2.50. The zero-order valence-corrected chi connectivity index (χ0v) is 15.3. The lowest BCUT2D eigenvalue weighted by Crippen LogP contribution is -2.50. The Morgan fingerprint density at radius 2 is 1.75 bits per heavy atom. The molecule has 0 aliphatic carbocycles. The van der Waals surface area contributed by atoms with Crippen molar-refractivity contribution in [2.24, 2.45) is 0 Å². The maximum atomic E-state index is 12.0. The van der Waals surface area contributed by atoms with Gasteiger partial charge in [0.1, 0.15) is 11.7 Å². The summed E-state index contributed by atoms with van der Waals surface area (Å²) >= 11 is 5.22. The van der Waals surface area contributed by atoms with E-state index in [2.05, 4.69) is 5.32 Å². The maximum Gasteiger partial charge on any atom is 0.408 e. The van der Waals surface area contributed by atoms with Crippen LogP contribution in [0.3, 0.4) is 0 Å². The second-order valence-corrected chi connectivity index (χ2v) is 6.49. The van der Waals surface area contributed by atoms with Crippen LogP contribution < -0.4 is 5.32 Å². The van der Waals surface area contributed by atoms with Crippen molar-refractivity contribution in [3.8, 4) is 0 Å². The molecule has 0 aromatic heterocycles. The van der Waals surface area contributed by atoms with Gasteiger partial charge < -0.3 is 19.5 Å². The number of nitrogens with one attached hydrogen (secondary N) is 1. The average molecular weight is 353 g/mol. The molecule has 0 radical (unpaired) electrons. The fourth-order valence-electron chi connectivity index (χ4n) is 1.81. The smallest absolute Gasteiger partial charge is 0.408 e. The molecule has 1 amide bonds. The second kappa shape index (κ2) is 8.63. The fraction of sp³-hybridized carbons (Fsp3) is 0.471. The summed E-state index contributed by atoms with van der Waals surface area (Å²) in [5.74, 6) is -0.649. The van der Waals surface area contributed by atoms with Crippen LogP contribution in [-0.4, -0.2) is 42.0 Å². The van der Waals surface area contributed by atoms with Gasteiger partial charge in [-0.1, -0.05) is 30.3 Å². The molecule has 0 aliphatic heterocycles. The number of carbonyl (C=O) groups is 2. The van der Waals surface area contributed by atoms with Gasteiger partial charge in [-0.25, -0.2) is 9.59 Å². The molecule has 0 fully saturated rings. The predicted molar refractivity (Wildman–Crippen MR) is 93.9 cm³/mol. The van der Waals surface area contributed by atoms with Crippen molar-refractivity contribution in [3.63, 3.8) is 0 Å². The van der Waals surface area contributed by atoms with E-state index < -0.39 is 29.8 Å². The van der Waals surface area contributed by atoms with Gasteiger partial charge >= 0.3 is 12.1 Å². The number of benzene rings is 1. The number of alkyl carbamates (subject to hydrolysis) is 1. The van der Waals surface area contributed by atoms with Gasteiger partial charge in [0.15, 0.2) is 11.1 Å². The third-order valence-corrected chi connectivity index (χ3v) is 3.23. The number of rotatable bonds is 5. The Bertz CT molecular complexity index is 582. The molecule has 6 nitrogen and oxygen atoms in total.